The first kappa shape index (κ1) is 22.8. The first-order valence-electron chi connectivity index (χ1n) is 9.19. The summed E-state index contributed by atoms with van der Waals surface area (Å²) in [5.74, 6) is 2.04. The lowest BCUT2D eigenvalue weighted by molar-refractivity contribution is -0.115. The normalized spacial score (nSPS) is 13.1. The number of anilines is 1. The maximum Gasteiger partial charge on any atom is 0.243 e. The van der Waals surface area contributed by atoms with Crippen molar-refractivity contribution in [2.24, 2.45) is 4.99 Å². The second kappa shape index (κ2) is 10.9. The van der Waals surface area contributed by atoms with Gasteiger partial charge in [-0.15, -0.1) is 24.0 Å². The second-order valence-electron chi connectivity index (χ2n) is 6.46. The number of hydrogen-bond donors (Lipinski definition) is 2. The molecule has 7 nitrogen and oxygen atoms in total. The molecule has 0 spiro atoms. The highest BCUT2D eigenvalue weighted by molar-refractivity contribution is 14.0. The zero-order valence-corrected chi connectivity index (χ0v) is 19.2. The number of ether oxygens (including phenoxy) is 2. The van der Waals surface area contributed by atoms with Crippen LogP contribution >= 0.6 is 24.0 Å². The molecule has 0 saturated carbocycles. The lowest BCUT2D eigenvalue weighted by Crippen LogP contribution is -2.46. The smallest absolute Gasteiger partial charge is 0.243 e. The maximum absolute atomic E-state index is 12.2. The molecular weight excluding hydrogens is 483 g/mol. The standard InChI is InChI=1S/C21H26N4O3.HI/c1-22-21(23-13-20(26)24-17-7-5-4-6-8-17)25-10-9-15-11-18(27-2)19(28-3)12-16(15)14-25;/h4-8,11-12H,9-10,13-14H2,1-3H3,(H,22,23)(H,24,26);1H. The maximum atomic E-state index is 12.2. The van der Waals surface area contributed by atoms with Gasteiger partial charge >= 0.3 is 0 Å². The zero-order chi connectivity index (χ0) is 19.9. The molecule has 0 aliphatic carbocycles. The monoisotopic (exact) mass is 510 g/mol. The number of carbonyl (C=O) groups excluding carboxylic acids is 1. The van der Waals surface area contributed by atoms with Gasteiger partial charge in [0.15, 0.2) is 17.5 Å². The van der Waals surface area contributed by atoms with Gasteiger partial charge in [-0.25, -0.2) is 0 Å². The SMILES string of the molecule is CN=C(NCC(=O)Nc1ccccc1)N1CCc2cc(OC)c(OC)cc2C1.I. The minimum atomic E-state index is -0.115. The molecule has 8 heteroatoms. The zero-order valence-electron chi connectivity index (χ0n) is 16.9. The second-order valence-corrected chi connectivity index (χ2v) is 6.46. The highest BCUT2D eigenvalue weighted by Crippen LogP contribution is 2.33. The van der Waals surface area contributed by atoms with Crippen LogP contribution in [0.5, 0.6) is 11.5 Å². The first-order chi connectivity index (χ1) is 13.6. The van der Waals surface area contributed by atoms with Crippen molar-refractivity contribution in [1.29, 1.82) is 0 Å². The Hall–Kier alpha value is -2.49. The van der Waals surface area contributed by atoms with Crippen LogP contribution in [-0.4, -0.2) is 51.1 Å². The number of fused-ring (bicyclic) bond motifs is 1. The highest BCUT2D eigenvalue weighted by Gasteiger charge is 2.22. The van der Waals surface area contributed by atoms with E-state index in [-0.39, 0.29) is 36.4 Å². The van der Waals surface area contributed by atoms with Gasteiger partial charge in [-0.1, -0.05) is 18.2 Å². The molecule has 2 N–H and O–H groups in total. The minimum Gasteiger partial charge on any atom is -0.493 e. The summed E-state index contributed by atoms with van der Waals surface area (Å²) < 4.78 is 10.8. The Morgan fingerprint density at radius 1 is 1.10 bits per heavy atom. The Labute approximate surface area is 188 Å². The molecule has 2 aromatic rings. The quantitative estimate of drug-likeness (QED) is 0.368. The molecule has 0 fully saturated rings. The number of methoxy groups -OCH3 is 2. The number of hydrogen-bond acceptors (Lipinski definition) is 4. The number of carbonyl (C=O) groups is 1. The van der Waals surface area contributed by atoms with Gasteiger partial charge < -0.3 is 25.0 Å². The first-order valence-corrected chi connectivity index (χ1v) is 9.19. The Kier molecular flexibility index (Phi) is 8.56. The Morgan fingerprint density at radius 3 is 2.38 bits per heavy atom. The third-order valence-electron chi connectivity index (χ3n) is 4.69. The van der Waals surface area contributed by atoms with E-state index in [1.807, 2.05) is 42.5 Å². The van der Waals surface area contributed by atoms with Crippen molar-refractivity contribution in [2.45, 2.75) is 13.0 Å². The molecular formula is C21H27IN4O3. The molecule has 0 aromatic heterocycles. The molecule has 0 radical (unpaired) electrons. The van der Waals surface area contributed by atoms with Crippen LogP contribution in [0.3, 0.4) is 0 Å². The predicted molar refractivity (Wildman–Crippen MR) is 126 cm³/mol. The van der Waals surface area contributed by atoms with E-state index in [1.54, 1.807) is 21.3 Å². The molecule has 2 aromatic carbocycles. The molecule has 1 aliphatic rings. The van der Waals surface area contributed by atoms with E-state index in [0.29, 0.717) is 18.3 Å². The summed E-state index contributed by atoms with van der Waals surface area (Å²) >= 11 is 0. The van der Waals surface area contributed by atoms with Crippen molar-refractivity contribution >= 4 is 41.5 Å². The fourth-order valence-electron chi connectivity index (χ4n) is 3.28. The fourth-order valence-corrected chi connectivity index (χ4v) is 3.28. The van der Waals surface area contributed by atoms with E-state index < -0.39 is 0 Å². The van der Waals surface area contributed by atoms with Gasteiger partial charge in [0.1, 0.15) is 0 Å². The number of guanidine groups is 1. The largest absolute Gasteiger partial charge is 0.493 e. The van der Waals surface area contributed by atoms with E-state index >= 15 is 0 Å². The summed E-state index contributed by atoms with van der Waals surface area (Å²) in [5.41, 5.74) is 3.18. The van der Waals surface area contributed by atoms with E-state index in [2.05, 4.69) is 20.5 Å². The van der Waals surface area contributed by atoms with Crippen LogP contribution in [0, 0.1) is 0 Å². The number of para-hydroxylation sites is 1. The summed E-state index contributed by atoms with van der Waals surface area (Å²) in [6.45, 7) is 1.65. The van der Waals surface area contributed by atoms with Crippen molar-refractivity contribution in [3.8, 4) is 11.5 Å². The number of benzene rings is 2. The molecule has 0 saturated heterocycles. The van der Waals surface area contributed by atoms with Crippen LogP contribution in [0.4, 0.5) is 5.69 Å². The molecule has 0 atom stereocenters. The average molecular weight is 510 g/mol. The van der Waals surface area contributed by atoms with Crippen LogP contribution in [0.1, 0.15) is 11.1 Å². The van der Waals surface area contributed by atoms with Gasteiger partial charge in [0.25, 0.3) is 0 Å². The van der Waals surface area contributed by atoms with Crippen molar-refractivity contribution in [3.63, 3.8) is 0 Å². The third kappa shape index (κ3) is 5.75. The lowest BCUT2D eigenvalue weighted by Gasteiger charge is -2.32. The summed E-state index contributed by atoms with van der Waals surface area (Å²) in [5, 5.41) is 6.01. The number of rotatable bonds is 5. The van der Waals surface area contributed by atoms with E-state index in [9.17, 15) is 4.79 Å². The molecule has 1 heterocycles. The van der Waals surface area contributed by atoms with Crippen molar-refractivity contribution in [2.75, 3.05) is 39.7 Å². The number of halogens is 1. The number of nitrogens with one attached hydrogen (secondary N) is 2. The average Bonchev–Trinajstić information content (AvgIpc) is 2.73. The molecule has 156 valence electrons. The summed E-state index contributed by atoms with van der Waals surface area (Å²) in [4.78, 5) is 18.7. The summed E-state index contributed by atoms with van der Waals surface area (Å²) in [7, 11) is 5.00. The number of aliphatic imine (C=N–C) groups is 1. The molecule has 1 aliphatic heterocycles. The Bertz CT molecular complexity index is 859. The van der Waals surface area contributed by atoms with E-state index in [4.69, 9.17) is 9.47 Å². The van der Waals surface area contributed by atoms with Gasteiger partial charge in [-0.3, -0.25) is 9.79 Å². The van der Waals surface area contributed by atoms with E-state index in [0.717, 1.165) is 24.4 Å². The van der Waals surface area contributed by atoms with Crippen molar-refractivity contribution in [1.82, 2.24) is 10.2 Å². The summed E-state index contributed by atoms with van der Waals surface area (Å²) in [6.07, 6.45) is 0.868. The predicted octanol–water partition coefficient (Wildman–Crippen LogP) is 2.89. The Balaban J connectivity index is 0.00000300. The molecule has 29 heavy (non-hydrogen) atoms. The van der Waals surface area contributed by atoms with Gasteiger partial charge in [-0.05, 0) is 41.8 Å². The lowest BCUT2D eigenvalue weighted by atomic mass is 9.99. The van der Waals surface area contributed by atoms with Crippen LogP contribution in [-0.2, 0) is 17.8 Å². The minimum absolute atomic E-state index is 0. The van der Waals surface area contributed by atoms with Crippen LogP contribution in [0.25, 0.3) is 0 Å². The van der Waals surface area contributed by atoms with Crippen LogP contribution in [0.15, 0.2) is 47.5 Å². The third-order valence-corrected chi connectivity index (χ3v) is 4.69. The van der Waals surface area contributed by atoms with Gasteiger partial charge in [-0.2, -0.15) is 0 Å². The van der Waals surface area contributed by atoms with Crippen LogP contribution < -0.4 is 20.1 Å². The van der Waals surface area contributed by atoms with E-state index in [1.165, 1.54) is 11.1 Å². The highest BCUT2D eigenvalue weighted by atomic mass is 127. The van der Waals surface area contributed by atoms with Crippen molar-refractivity contribution in [3.05, 3.63) is 53.6 Å². The number of amides is 1. The fraction of sp³-hybridized carbons (Fsp3) is 0.333. The molecule has 1 amide bonds. The van der Waals surface area contributed by atoms with Gasteiger partial charge in [0.05, 0.1) is 20.8 Å². The molecule has 0 unspecified atom stereocenters. The van der Waals surface area contributed by atoms with Crippen LogP contribution in [0.2, 0.25) is 0 Å². The van der Waals surface area contributed by atoms with Gasteiger partial charge in [0, 0.05) is 25.8 Å². The summed E-state index contributed by atoms with van der Waals surface area (Å²) in [6, 6.07) is 13.4. The molecule has 0 bridgehead atoms. The number of nitrogens with zero attached hydrogens (tertiary/aromatic N) is 2. The topological polar surface area (TPSA) is 75.2 Å². The van der Waals surface area contributed by atoms with Crippen molar-refractivity contribution < 1.29 is 14.3 Å². The Morgan fingerprint density at radius 2 is 1.76 bits per heavy atom. The molecule has 3 rings (SSSR count). The van der Waals surface area contributed by atoms with Gasteiger partial charge in [0.2, 0.25) is 5.91 Å².